The molecule has 1 aromatic heterocycles. The molecule has 0 bridgehead atoms. The maximum atomic E-state index is 13.3. The molecule has 3 aromatic rings. The number of aliphatic hydroxyl groups excluding tert-OH is 1. The number of fused-ring (bicyclic) bond motifs is 1. The molecule has 0 fully saturated rings. The van der Waals surface area contributed by atoms with Crippen molar-refractivity contribution in [3.8, 4) is 5.88 Å². The van der Waals surface area contributed by atoms with Crippen molar-refractivity contribution in [3.05, 3.63) is 69.3 Å². The van der Waals surface area contributed by atoms with Crippen LogP contribution in [0.2, 0.25) is 15.1 Å². The highest BCUT2D eigenvalue weighted by Crippen LogP contribution is 2.35. The van der Waals surface area contributed by atoms with Gasteiger partial charge in [0.25, 0.3) is 21.8 Å². The van der Waals surface area contributed by atoms with E-state index in [0.717, 1.165) is 4.31 Å². The van der Waals surface area contributed by atoms with Gasteiger partial charge in [0.15, 0.2) is 5.82 Å². The van der Waals surface area contributed by atoms with Crippen LogP contribution in [-0.4, -0.2) is 48.7 Å². The molecule has 172 valence electrons. The van der Waals surface area contributed by atoms with Gasteiger partial charge in [0.05, 0.1) is 39.9 Å². The van der Waals surface area contributed by atoms with E-state index in [1.54, 1.807) is 6.07 Å². The van der Waals surface area contributed by atoms with Crippen LogP contribution in [0.15, 0.2) is 53.6 Å². The summed E-state index contributed by atoms with van der Waals surface area (Å²) >= 11 is 18.1. The van der Waals surface area contributed by atoms with E-state index in [1.165, 1.54) is 42.6 Å². The van der Waals surface area contributed by atoms with Crippen molar-refractivity contribution in [1.82, 2.24) is 9.97 Å². The van der Waals surface area contributed by atoms with Crippen molar-refractivity contribution in [3.63, 3.8) is 0 Å². The van der Waals surface area contributed by atoms with Crippen molar-refractivity contribution in [1.29, 1.82) is 0 Å². The molecule has 9 nitrogen and oxygen atoms in total. The molecule has 2 N–H and O–H groups in total. The second kappa shape index (κ2) is 9.32. The van der Waals surface area contributed by atoms with Crippen LogP contribution in [0.25, 0.3) is 0 Å². The molecule has 0 aliphatic carbocycles. The Hall–Kier alpha value is -2.63. The highest BCUT2D eigenvalue weighted by Gasteiger charge is 2.37. The summed E-state index contributed by atoms with van der Waals surface area (Å²) in [4.78, 5) is 20.9. The summed E-state index contributed by atoms with van der Waals surface area (Å²) in [5.41, 5.74) is 0.0281. The normalized spacial score (nSPS) is 15.5. The van der Waals surface area contributed by atoms with Crippen LogP contribution >= 0.6 is 34.8 Å². The Labute approximate surface area is 203 Å². The molecular weight excluding hydrogens is 515 g/mol. The second-order valence-electron chi connectivity index (χ2n) is 6.85. The van der Waals surface area contributed by atoms with E-state index < -0.39 is 28.6 Å². The molecule has 1 atom stereocenters. The zero-order chi connectivity index (χ0) is 23.8. The van der Waals surface area contributed by atoms with Crippen LogP contribution in [0, 0.1) is 0 Å². The zero-order valence-electron chi connectivity index (χ0n) is 16.6. The third kappa shape index (κ3) is 4.71. The lowest BCUT2D eigenvalue weighted by molar-refractivity contribution is 0.102. The first-order valence-corrected chi connectivity index (χ1v) is 12.0. The van der Waals surface area contributed by atoms with Gasteiger partial charge in [0.2, 0.25) is 5.82 Å². The molecule has 0 radical (unpaired) electrons. The number of nitrogens with one attached hydrogen (secondary N) is 1. The number of aliphatic hydroxyl groups is 1. The molecule has 0 saturated heterocycles. The van der Waals surface area contributed by atoms with Crippen molar-refractivity contribution in [2.75, 3.05) is 22.8 Å². The molecule has 13 heteroatoms. The fourth-order valence-corrected chi connectivity index (χ4v) is 5.41. The fraction of sp³-hybridized carbons (Fsp3) is 0.150. The van der Waals surface area contributed by atoms with E-state index in [-0.39, 0.29) is 49.6 Å². The summed E-state index contributed by atoms with van der Waals surface area (Å²) in [6.45, 7) is -0.688. The van der Waals surface area contributed by atoms with Gasteiger partial charge in [-0.1, -0.05) is 46.9 Å². The van der Waals surface area contributed by atoms with Gasteiger partial charge in [0, 0.05) is 5.02 Å². The Bertz CT molecular complexity index is 1320. The van der Waals surface area contributed by atoms with Crippen molar-refractivity contribution >= 4 is 62.4 Å². The van der Waals surface area contributed by atoms with E-state index in [9.17, 15) is 18.3 Å². The number of anilines is 2. The topological polar surface area (TPSA) is 122 Å². The predicted octanol–water partition coefficient (Wildman–Crippen LogP) is 3.64. The third-order valence-corrected chi connectivity index (χ3v) is 7.24. The maximum Gasteiger partial charge on any atom is 0.265 e. The Morgan fingerprint density at radius 2 is 1.88 bits per heavy atom. The molecule has 0 spiro atoms. The fourth-order valence-electron chi connectivity index (χ4n) is 3.10. The van der Waals surface area contributed by atoms with Gasteiger partial charge < -0.3 is 15.2 Å². The van der Waals surface area contributed by atoms with E-state index in [4.69, 9.17) is 39.5 Å². The van der Waals surface area contributed by atoms with Gasteiger partial charge in [0.1, 0.15) is 6.10 Å². The van der Waals surface area contributed by atoms with Crippen molar-refractivity contribution < 1.29 is 23.1 Å². The first-order chi connectivity index (χ1) is 15.7. The third-order valence-electron chi connectivity index (χ3n) is 4.62. The number of hydrogen-bond acceptors (Lipinski definition) is 7. The minimum atomic E-state index is -4.15. The molecule has 2 heterocycles. The largest absolute Gasteiger partial charge is 0.467 e. The van der Waals surface area contributed by atoms with Gasteiger partial charge in [-0.25, -0.2) is 22.7 Å². The Kier molecular flexibility index (Phi) is 6.64. The second-order valence-corrected chi connectivity index (χ2v) is 9.96. The lowest BCUT2D eigenvalue weighted by Crippen LogP contribution is -2.46. The van der Waals surface area contributed by atoms with Crippen LogP contribution in [0.5, 0.6) is 5.88 Å². The number of rotatable bonds is 5. The summed E-state index contributed by atoms with van der Waals surface area (Å²) in [6.07, 6.45) is 0.314. The molecule has 1 unspecified atom stereocenters. The number of sulfonamides is 1. The van der Waals surface area contributed by atoms with Crippen molar-refractivity contribution in [2.24, 2.45) is 0 Å². The predicted molar refractivity (Wildman–Crippen MR) is 124 cm³/mol. The SMILES string of the molecule is O=C(Nc1cnc2c(n1)N(S(=O)(=O)c1cccc(Cl)c1)CC(CO)O2)c1c(Cl)cccc1Cl. The number of carbonyl (C=O) groups is 1. The van der Waals surface area contributed by atoms with E-state index in [2.05, 4.69) is 15.3 Å². The maximum absolute atomic E-state index is 13.3. The molecule has 2 aromatic carbocycles. The van der Waals surface area contributed by atoms with Crippen LogP contribution < -0.4 is 14.4 Å². The Balaban J connectivity index is 1.73. The molecule has 0 saturated carbocycles. The number of halogens is 3. The number of amides is 1. The summed E-state index contributed by atoms with van der Waals surface area (Å²) < 4.78 is 33.2. The number of carbonyl (C=O) groups excluding carboxylic acids is 1. The molecule has 1 amide bonds. The monoisotopic (exact) mass is 528 g/mol. The molecule has 1 aliphatic heterocycles. The number of aromatic nitrogens is 2. The quantitative estimate of drug-likeness (QED) is 0.517. The van der Waals surface area contributed by atoms with Crippen LogP contribution in [0.3, 0.4) is 0 Å². The van der Waals surface area contributed by atoms with Crippen molar-refractivity contribution in [2.45, 2.75) is 11.0 Å². The molecule has 33 heavy (non-hydrogen) atoms. The molecule has 4 rings (SSSR count). The van der Waals surface area contributed by atoms with Crippen LogP contribution in [0.1, 0.15) is 10.4 Å². The highest BCUT2D eigenvalue weighted by atomic mass is 35.5. The lowest BCUT2D eigenvalue weighted by atomic mass is 10.2. The summed E-state index contributed by atoms with van der Waals surface area (Å²) in [5, 5.41) is 12.6. The molecular formula is C20H15Cl3N4O5S. The van der Waals surface area contributed by atoms with Gasteiger partial charge in [-0.05, 0) is 30.3 Å². The smallest absolute Gasteiger partial charge is 0.265 e. The van der Waals surface area contributed by atoms with Crippen LogP contribution in [-0.2, 0) is 10.0 Å². The van der Waals surface area contributed by atoms with Gasteiger partial charge in [-0.15, -0.1) is 0 Å². The first-order valence-electron chi connectivity index (χ1n) is 9.39. The molecule has 1 aliphatic rings. The Morgan fingerprint density at radius 3 is 2.55 bits per heavy atom. The number of hydrogen-bond donors (Lipinski definition) is 2. The van der Waals surface area contributed by atoms with Gasteiger partial charge in [-0.3, -0.25) is 4.79 Å². The first kappa shape index (κ1) is 23.5. The summed E-state index contributed by atoms with van der Waals surface area (Å²) in [7, 11) is -4.15. The standard InChI is InChI=1S/C20H15Cl3N4O5S/c21-11-3-1-4-13(7-11)33(30,31)27-9-12(10-28)32-20-18(27)25-16(8-24-20)26-19(29)17-14(22)5-2-6-15(17)23/h1-8,12,28H,9-10H2,(H,25,26,29). The Morgan fingerprint density at radius 1 is 1.18 bits per heavy atom. The van der Waals surface area contributed by atoms with E-state index in [0.29, 0.717) is 0 Å². The van der Waals surface area contributed by atoms with E-state index >= 15 is 0 Å². The van der Waals surface area contributed by atoms with E-state index in [1.807, 2.05) is 0 Å². The van der Waals surface area contributed by atoms with Gasteiger partial charge >= 0.3 is 0 Å². The minimum absolute atomic E-state index is 0.0281. The van der Waals surface area contributed by atoms with Gasteiger partial charge in [-0.2, -0.15) is 0 Å². The summed E-state index contributed by atoms with van der Waals surface area (Å²) in [5.74, 6) is -1.01. The zero-order valence-corrected chi connectivity index (χ0v) is 19.7. The highest BCUT2D eigenvalue weighted by molar-refractivity contribution is 7.92. The van der Waals surface area contributed by atoms with Crippen LogP contribution in [0.4, 0.5) is 11.6 Å². The number of benzene rings is 2. The average Bonchev–Trinajstić information content (AvgIpc) is 2.78. The number of nitrogens with zero attached hydrogens (tertiary/aromatic N) is 3. The average molecular weight is 530 g/mol. The lowest BCUT2D eigenvalue weighted by Gasteiger charge is -2.33. The minimum Gasteiger partial charge on any atom is -0.467 e. The number of ether oxygens (including phenoxy) is 1. The summed E-state index contributed by atoms with van der Waals surface area (Å²) in [6, 6.07) is 10.3.